The van der Waals surface area contributed by atoms with E-state index in [1.54, 1.807) is 18.2 Å². The van der Waals surface area contributed by atoms with Crippen LogP contribution in [0.3, 0.4) is 0 Å². The van der Waals surface area contributed by atoms with Crippen LogP contribution in [-0.2, 0) is 11.2 Å². The molecule has 4 saturated heterocycles. The van der Waals surface area contributed by atoms with Gasteiger partial charge in [0.2, 0.25) is 11.8 Å². The van der Waals surface area contributed by atoms with E-state index in [0.717, 1.165) is 61.8 Å². The van der Waals surface area contributed by atoms with Gasteiger partial charge in [0.25, 0.3) is 5.88 Å². The van der Waals surface area contributed by atoms with E-state index >= 15 is 4.39 Å². The summed E-state index contributed by atoms with van der Waals surface area (Å²) in [7, 11) is 2.10. The predicted octanol–water partition coefficient (Wildman–Crippen LogP) is 8.82. The molecule has 2 aliphatic carbocycles. The van der Waals surface area contributed by atoms with E-state index in [4.69, 9.17) is 37.7 Å². The lowest BCUT2D eigenvalue weighted by atomic mass is 9.79. The number of hydrogen-bond acceptors (Lipinski definition) is 8. The van der Waals surface area contributed by atoms with Crippen molar-refractivity contribution in [2.75, 3.05) is 26.7 Å². The molecule has 59 heavy (non-hydrogen) atoms. The van der Waals surface area contributed by atoms with Gasteiger partial charge in [-0.25, -0.2) is 18.7 Å². The molecule has 7 atom stereocenters. The molecule has 2 aromatic carbocycles. The zero-order valence-corrected chi connectivity index (χ0v) is 34.4. The molecule has 10 nitrogen and oxygen atoms in total. The van der Waals surface area contributed by atoms with Gasteiger partial charge in [-0.05, 0) is 101 Å². The van der Waals surface area contributed by atoms with Crippen LogP contribution in [0.4, 0.5) is 8.78 Å². The van der Waals surface area contributed by atoms with Gasteiger partial charge in [0.05, 0.1) is 45.6 Å². The summed E-state index contributed by atoms with van der Waals surface area (Å²) in [5.41, 5.74) is 3.07. The van der Waals surface area contributed by atoms with Crippen molar-refractivity contribution in [1.82, 2.24) is 29.7 Å². The molecule has 5 aromatic rings. The minimum Gasteiger partial charge on any atom is -0.472 e. The summed E-state index contributed by atoms with van der Waals surface area (Å²) >= 11 is 13.3. The summed E-state index contributed by atoms with van der Waals surface area (Å²) in [6.07, 6.45) is 6.21. The van der Waals surface area contributed by atoms with Crippen molar-refractivity contribution < 1.29 is 23.0 Å². The number of fused-ring (bicyclic) bond motifs is 4. The standard InChI is InChI=1S/C45H45Cl2F2N7O3/c1-23(34-11-6-16-54(34)2)58-43-30-20-36(35-19-27(22-55(35)45(57)24-12-13-24)59-44-32(48)10-5-15-51-44)56(41-26-18-33(41)52-21-26)42(30)29-17-25(7-4-14-50)37(39(49)40(29)53-43)28-8-3-9-31(46)38(28)47/h3,5,8-10,15,17,20,23-24,26-27,33-35,41,52H,4,6-7,11-13,16,18-19,21-22H2,1-2H3/t23-,26+,27-,33+,34?,35+,41-/m0/s1. The Morgan fingerprint density at radius 1 is 1.10 bits per heavy atom. The Kier molecular flexibility index (Phi) is 9.94. The quantitative estimate of drug-likeness (QED) is 0.141. The van der Waals surface area contributed by atoms with E-state index in [1.165, 1.54) is 18.3 Å². The van der Waals surface area contributed by atoms with Gasteiger partial charge in [0.15, 0.2) is 11.6 Å². The number of aromatic nitrogens is 3. The number of amides is 1. The predicted molar refractivity (Wildman–Crippen MR) is 222 cm³/mol. The molecular formula is C45H45Cl2F2N7O3. The summed E-state index contributed by atoms with van der Waals surface area (Å²) in [6, 6.07) is 14.2. The Morgan fingerprint density at radius 3 is 2.66 bits per heavy atom. The van der Waals surface area contributed by atoms with Crippen molar-refractivity contribution in [3.8, 4) is 29.0 Å². The molecular weight excluding hydrogens is 795 g/mol. The maximum atomic E-state index is 17.8. The summed E-state index contributed by atoms with van der Waals surface area (Å²) in [5, 5.41) is 15.3. The lowest BCUT2D eigenvalue weighted by molar-refractivity contribution is -0.133. The Bertz CT molecular complexity index is 2530. The van der Waals surface area contributed by atoms with Crippen molar-refractivity contribution in [3.63, 3.8) is 0 Å². The highest BCUT2D eigenvalue weighted by Gasteiger charge is 2.51. The average Bonchev–Trinajstić information content (AvgIpc) is 3.66. The Balaban J connectivity index is 1.22. The van der Waals surface area contributed by atoms with Crippen LogP contribution in [0.5, 0.6) is 11.8 Å². The lowest BCUT2D eigenvalue weighted by Gasteiger charge is -2.39. The number of pyridine rings is 2. The molecule has 6 fully saturated rings. The van der Waals surface area contributed by atoms with Crippen LogP contribution in [0.2, 0.25) is 10.0 Å². The second-order valence-corrected chi connectivity index (χ2v) is 17.8. The van der Waals surface area contributed by atoms with E-state index < -0.39 is 23.8 Å². The van der Waals surface area contributed by atoms with Crippen LogP contribution in [0.15, 0.2) is 48.7 Å². The first-order valence-corrected chi connectivity index (χ1v) is 21.6. The average molecular weight is 841 g/mol. The molecule has 0 spiro atoms. The number of hydrogen-bond donors (Lipinski definition) is 1. The van der Waals surface area contributed by atoms with E-state index in [9.17, 15) is 14.4 Å². The first-order valence-electron chi connectivity index (χ1n) is 20.8. The summed E-state index contributed by atoms with van der Waals surface area (Å²) in [4.78, 5) is 27.6. The van der Waals surface area contributed by atoms with E-state index in [-0.39, 0.29) is 77.4 Å². The van der Waals surface area contributed by atoms with Crippen molar-refractivity contribution >= 4 is 50.9 Å². The van der Waals surface area contributed by atoms with Crippen molar-refractivity contribution in [2.24, 2.45) is 11.8 Å². The summed E-state index contributed by atoms with van der Waals surface area (Å²) < 4.78 is 48.1. The van der Waals surface area contributed by atoms with Crippen LogP contribution in [0.1, 0.15) is 75.2 Å². The van der Waals surface area contributed by atoms with E-state index in [2.05, 4.69) is 39.0 Å². The van der Waals surface area contributed by atoms with Gasteiger partial charge < -0.3 is 24.3 Å². The second-order valence-electron chi connectivity index (χ2n) is 17.1. The SMILES string of the molecule is C[C@H](Oc1nc2c(F)c(-c3cccc(Cl)c3Cl)c(CCC#N)cc2c2c1cc([C@H]1C[C@H](Oc3ncccc3F)CN1C(=O)C1CC1)n2[C@H]1[C@H]2CN[C@@H]1C2)C1CCCN1C. The van der Waals surface area contributed by atoms with Crippen LogP contribution >= 0.6 is 23.2 Å². The van der Waals surface area contributed by atoms with Gasteiger partial charge in [0.1, 0.15) is 17.7 Å². The highest BCUT2D eigenvalue weighted by molar-refractivity contribution is 6.43. The third kappa shape index (κ3) is 6.60. The fraction of sp³-hybridized carbons (Fsp3) is 0.467. The zero-order valence-electron chi connectivity index (χ0n) is 32.9. The number of ether oxygens (including phenoxy) is 2. The van der Waals surface area contributed by atoms with Gasteiger partial charge in [0, 0.05) is 65.8 Å². The number of carbonyl (C=O) groups is 1. The summed E-state index contributed by atoms with van der Waals surface area (Å²) in [5.74, 6) is -0.612. The molecule has 1 unspecified atom stereocenters. The molecule has 2 saturated carbocycles. The monoisotopic (exact) mass is 839 g/mol. The van der Waals surface area contributed by atoms with Gasteiger partial charge >= 0.3 is 0 Å². The number of likely N-dealkylation sites (tertiary alicyclic amines) is 2. The number of benzene rings is 2. The molecule has 1 amide bonds. The highest BCUT2D eigenvalue weighted by atomic mass is 35.5. The maximum Gasteiger partial charge on any atom is 0.250 e. The third-order valence-corrected chi connectivity index (χ3v) is 14.3. The number of nitrogens with one attached hydrogen (secondary N) is 1. The normalized spacial score (nSPS) is 25.7. The fourth-order valence-corrected chi connectivity index (χ4v) is 10.8. The van der Waals surface area contributed by atoms with Gasteiger partial charge in [-0.2, -0.15) is 5.26 Å². The first-order chi connectivity index (χ1) is 28.6. The molecule has 2 bridgehead atoms. The van der Waals surface area contributed by atoms with Crippen LogP contribution < -0.4 is 14.8 Å². The van der Waals surface area contributed by atoms with E-state index in [1.807, 2.05) is 17.9 Å². The maximum absolute atomic E-state index is 17.8. The molecule has 11 rings (SSSR count). The van der Waals surface area contributed by atoms with E-state index in [0.29, 0.717) is 39.8 Å². The van der Waals surface area contributed by atoms with Gasteiger partial charge in [-0.15, -0.1) is 0 Å². The number of nitriles is 1. The lowest BCUT2D eigenvalue weighted by Crippen LogP contribution is -2.41. The van der Waals surface area contributed by atoms with Crippen LogP contribution in [0, 0.1) is 34.8 Å². The molecule has 4 aliphatic heterocycles. The first kappa shape index (κ1) is 38.6. The van der Waals surface area contributed by atoms with Crippen molar-refractivity contribution in [1.29, 1.82) is 5.26 Å². The van der Waals surface area contributed by atoms with Crippen LogP contribution in [-0.4, -0.2) is 81.2 Å². The highest BCUT2D eigenvalue weighted by Crippen LogP contribution is 2.52. The smallest absolute Gasteiger partial charge is 0.250 e. The molecule has 3 aromatic heterocycles. The molecule has 306 valence electrons. The van der Waals surface area contributed by atoms with Crippen LogP contribution in [0.25, 0.3) is 32.9 Å². The van der Waals surface area contributed by atoms with Gasteiger partial charge in [-0.1, -0.05) is 35.3 Å². The number of rotatable bonds is 11. The molecule has 7 heterocycles. The minimum absolute atomic E-state index is 0.0121. The van der Waals surface area contributed by atoms with Gasteiger partial charge in [-0.3, -0.25) is 9.69 Å². The Hall–Kier alpha value is -4.54. The number of likely N-dealkylation sites (N-methyl/N-ethyl adjacent to an activating group) is 1. The number of halogens is 4. The molecule has 14 heteroatoms. The van der Waals surface area contributed by atoms with Crippen molar-refractivity contribution in [3.05, 3.63) is 81.6 Å². The zero-order chi connectivity index (χ0) is 40.7. The largest absolute Gasteiger partial charge is 0.472 e. The number of carbonyl (C=O) groups excluding carboxylic acids is 1. The molecule has 0 radical (unpaired) electrons. The molecule has 1 N–H and O–H groups in total. The summed E-state index contributed by atoms with van der Waals surface area (Å²) in [6.45, 7) is 4.11. The Labute approximate surface area is 351 Å². The minimum atomic E-state index is -0.571. The number of nitrogens with zero attached hydrogens (tertiary/aromatic N) is 6. The molecule has 6 aliphatic rings. The second kappa shape index (κ2) is 15.2. The number of aryl methyl sites for hydroxylation is 1. The van der Waals surface area contributed by atoms with Crippen molar-refractivity contribution in [2.45, 2.75) is 94.7 Å². The topological polar surface area (TPSA) is 109 Å². The Morgan fingerprint density at radius 2 is 1.95 bits per heavy atom. The third-order valence-electron chi connectivity index (χ3n) is 13.4. The fourth-order valence-electron chi connectivity index (χ4n) is 10.4.